The zero-order valence-electron chi connectivity index (χ0n) is 19.3. The van der Waals surface area contributed by atoms with Crippen LogP contribution in [0, 0.1) is 13.8 Å². The van der Waals surface area contributed by atoms with Crippen LogP contribution in [0.1, 0.15) is 54.1 Å². The van der Waals surface area contributed by atoms with E-state index in [4.69, 9.17) is 9.47 Å². The number of carbonyl (C=O) groups is 2. The molecule has 1 unspecified atom stereocenters. The first-order valence-corrected chi connectivity index (χ1v) is 10.5. The monoisotopic (exact) mass is 435 g/mol. The number of Topliss-reactive ketones (excluding diaryl/α,β-unsaturated/α-hetero) is 1. The number of nitrogens with zero attached hydrogens (tertiary/aromatic N) is 2. The molecule has 0 saturated heterocycles. The number of hydrogen-bond donors (Lipinski definition) is 1. The number of aryl methyl sites for hydroxylation is 1. The first-order valence-electron chi connectivity index (χ1n) is 10.5. The van der Waals surface area contributed by atoms with E-state index in [0.29, 0.717) is 28.5 Å². The van der Waals surface area contributed by atoms with Crippen molar-refractivity contribution in [1.82, 2.24) is 15.1 Å². The van der Waals surface area contributed by atoms with Crippen LogP contribution < -0.4 is 14.8 Å². The van der Waals surface area contributed by atoms with E-state index < -0.39 is 17.7 Å². The summed E-state index contributed by atoms with van der Waals surface area (Å²) in [7, 11) is 1.56. The van der Waals surface area contributed by atoms with Gasteiger partial charge in [0.25, 0.3) is 11.7 Å². The molecule has 32 heavy (non-hydrogen) atoms. The summed E-state index contributed by atoms with van der Waals surface area (Å²) in [5.41, 5.74) is 3.08. The van der Waals surface area contributed by atoms with Gasteiger partial charge in [-0.15, -0.1) is 0 Å². The van der Waals surface area contributed by atoms with E-state index in [1.807, 2.05) is 57.2 Å². The van der Waals surface area contributed by atoms with Crippen molar-refractivity contribution in [2.75, 3.05) is 7.11 Å². The summed E-state index contributed by atoms with van der Waals surface area (Å²) < 4.78 is 12.8. The topological polar surface area (TPSA) is 82.5 Å². The van der Waals surface area contributed by atoms with Crippen LogP contribution in [0.2, 0.25) is 0 Å². The lowest BCUT2D eigenvalue weighted by molar-refractivity contribution is -0.117. The molecule has 1 aromatic heterocycles. The Morgan fingerprint density at radius 3 is 2.31 bits per heavy atom. The Morgan fingerprint density at radius 1 is 1.00 bits per heavy atom. The number of benzene rings is 2. The van der Waals surface area contributed by atoms with Gasteiger partial charge in [-0.2, -0.15) is 5.10 Å². The maximum atomic E-state index is 13.0. The zero-order chi connectivity index (χ0) is 23.4. The first kappa shape index (κ1) is 23.1. The van der Waals surface area contributed by atoms with E-state index >= 15 is 0 Å². The van der Waals surface area contributed by atoms with Gasteiger partial charge in [0.15, 0.2) is 11.5 Å². The third kappa shape index (κ3) is 4.82. The highest BCUT2D eigenvalue weighted by Gasteiger charge is 2.26. The Hall–Kier alpha value is -3.61. The number of carbonyl (C=O) groups excluding carboxylic acids is 2. The second kappa shape index (κ2) is 9.68. The molecule has 7 heteroatoms. The number of nitrogens with one attached hydrogen (secondary N) is 1. The van der Waals surface area contributed by atoms with Gasteiger partial charge in [0.2, 0.25) is 0 Å². The fraction of sp³-hybridized carbons (Fsp3) is 0.320. The first-order chi connectivity index (χ1) is 15.2. The van der Waals surface area contributed by atoms with Crippen LogP contribution in [0.5, 0.6) is 11.5 Å². The average molecular weight is 436 g/mol. The molecule has 1 atom stereocenters. The van der Waals surface area contributed by atoms with Crippen molar-refractivity contribution < 1.29 is 19.1 Å². The van der Waals surface area contributed by atoms with E-state index in [-0.39, 0.29) is 6.10 Å². The van der Waals surface area contributed by atoms with Gasteiger partial charge >= 0.3 is 0 Å². The molecular formula is C25H29N3O4. The second-order valence-corrected chi connectivity index (χ2v) is 7.89. The molecule has 0 saturated carbocycles. The standard InChI is InChI=1S/C25H29N3O4/c1-15(2)32-21-13-12-19(14-22(21)31-6)16(3)26-25(30)24(29)23-17(4)27-28(18(23)5)20-10-8-7-9-11-20/h7-16H,1-6H3,(H,26,30). The summed E-state index contributed by atoms with van der Waals surface area (Å²) in [6.45, 7) is 9.21. The van der Waals surface area contributed by atoms with Crippen molar-refractivity contribution >= 4 is 11.7 Å². The molecule has 0 aliphatic rings. The third-order valence-corrected chi connectivity index (χ3v) is 5.12. The van der Waals surface area contributed by atoms with Crippen LogP contribution in [0.3, 0.4) is 0 Å². The number of methoxy groups -OCH3 is 1. The number of amides is 1. The van der Waals surface area contributed by atoms with Crippen LogP contribution in [0.4, 0.5) is 0 Å². The van der Waals surface area contributed by atoms with Crippen LogP contribution >= 0.6 is 0 Å². The van der Waals surface area contributed by atoms with Crippen LogP contribution in [0.25, 0.3) is 5.69 Å². The van der Waals surface area contributed by atoms with Gasteiger partial charge in [0, 0.05) is 0 Å². The van der Waals surface area contributed by atoms with E-state index in [1.54, 1.807) is 37.8 Å². The van der Waals surface area contributed by atoms with Crippen molar-refractivity contribution in [3.63, 3.8) is 0 Å². The van der Waals surface area contributed by atoms with E-state index in [1.165, 1.54) is 0 Å². The lowest BCUT2D eigenvalue weighted by atomic mass is 10.1. The highest BCUT2D eigenvalue weighted by atomic mass is 16.5. The Bertz CT molecular complexity index is 1120. The van der Waals surface area contributed by atoms with E-state index in [0.717, 1.165) is 11.3 Å². The number of rotatable bonds is 8. The summed E-state index contributed by atoms with van der Waals surface area (Å²) >= 11 is 0. The predicted octanol–water partition coefficient (Wildman–Crippen LogP) is 4.35. The molecule has 7 nitrogen and oxygen atoms in total. The summed E-state index contributed by atoms with van der Waals surface area (Å²) in [4.78, 5) is 25.8. The summed E-state index contributed by atoms with van der Waals surface area (Å²) in [6.07, 6.45) is 0.00720. The fourth-order valence-electron chi connectivity index (χ4n) is 3.56. The van der Waals surface area contributed by atoms with Crippen LogP contribution in [-0.4, -0.2) is 34.7 Å². The Morgan fingerprint density at radius 2 is 1.69 bits per heavy atom. The fourth-order valence-corrected chi connectivity index (χ4v) is 3.56. The summed E-state index contributed by atoms with van der Waals surface area (Å²) in [5, 5.41) is 7.25. The lowest BCUT2D eigenvalue weighted by Gasteiger charge is -2.18. The number of aromatic nitrogens is 2. The summed E-state index contributed by atoms with van der Waals surface area (Å²) in [5.74, 6) is -0.0987. The lowest BCUT2D eigenvalue weighted by Crippen LogP contribution is -2.33. The number of para-hydroxylation sites is 1. The van der Waals surface area contributed by atoms with Crippen molar-refractivity contribution in [2.45, 2.75) is 46.8 Å². The molecular weight excluding hydrogens is 406 g/mol. The van der Waals surface area contributed by atoms with Crippen molar-refractivity contribution in [3.8, 4) is 17.2 Å². The van der Waals surface area contributed by atoms with Gasteiger partial charge in [0.05, 0.1) is 41.9 Å². The van der Waals surface area contributed by atoms with Gasteiger partial charge in [-0.1, -0.05) is 24.3 Å². The van der Waals surface area contributed by atoms with Crippen LogP contribution in [0.15, 0.2) is 48.5 Å². The van der Waals surface area contributed by atoms with Crippen molar-refractivity contribution in [2.24, 2.45) is 0 Å². The molecule has 0 fully saturated rings. The average Bonchev–Trinajstić information content (AvgIpc) is 3.07. The Kier molecular flexibility index (Phi) is 6.98. The maximum Gasteiger partial charge on any atom is 0.293 e. The second-order valence-electron chi connectivity index (χ2n) is 7.89. The minimum atomic E-state index is -0.683. The van der Waals surface area contributed by atoms with Crippen molar-refractivity contribution in [3.05, 3.63) is 71.0 Å². The predicted molar refractivity (Wildman–Crippen MR) is 123 cm³/mol. The highest BCUT2D eigenvalue weighted by molar-refractivity contribution is 6.43. The molecule has 3 aromatic rings. The molecule has 3 rings (SSSR count). The number of ether oxygens (including phenoxy) is 2. The third-order valence-electron chi connectivity index (χ3n) is 5.12. The Balaban J connectivity index is 1.79. The highest BCUT2D eigenvalue weighted by Crippen LogP contribution is 2.31. The normalized spacial score (nSPS) is 11.8. The zero-order valence-corrected chi connectivity index (χ0v) is 19.3. The molecule has 0 aliphatic heterocycles. The van der Waals surface area contributed by atoms with Gasteiger partial charge in [-0.25, -0.2) is 4.68 Å². The SMILES string of the molecule is COc1cc(C(C)NC(=O)C(=O)c2c(C)nn(-c3ccccc3)c2C)ccc1OC(C)C. The minimum Gasteiger partial charge on any atom is -0.493 e. The smallest absolute Gasteiger partial charge is 0.293 e. The van der Waals surface area contributed by atoms with E-state index in [9.17, 15) is 9.59 Å². The van der Waals surface area contributed by atoms with Crippen LogP contribution in [-0.2, 0) is 4.79 Å². The quantitative estimate of drug-likeness (QED) is 0.420. The molecule has 0 radical (unpaired) electrons. The van der Waals surface area contributed by atoms with Gasteiger partial charge in [0.1, 0.15) is 0 Å². The van der Waals surface area contributed by atoms with Crippen molar-refractivity contribution in [1.29, 1.82) is 0 Å². The van der Waals surface area contributed by atoms with Gasteiger partial charge in [-0.05, 0) is 64.4 Å². The maximum absolute atomic E-state index is 13.0. The molecule has 2 aromatic carbocycles. The summed E-state index contributed by atoms with van der Waals surface area (Å²) in [6, 6.07) is 14.5. The molecule has 0 spiro atoms. The number of hydrogen-bond acceptors (Lipinski definition) is 5. The molecule has 0 aliphatic carbocycles. The largest absolute Gasteiger partial charge is 0.493 e. The molecule has 1 N–H and O–H groups in total. The van der Waals surface area contributed by atoms with Gasteiger partial charge in [-0.3, -0.25) is 9.59 Å². The minimum absolute atomic E-state index is 0.00720. The van der Waals surface area contributed by atoms with E-state index in [2.05, 4.69) is 10.4 Å². The molecule has 168 valence electrons. The molecule has 1 amide bonds. The van der Waals surface area contributed by atoms with Gasteiger partial charge < -0.3 is 14.8 Å². The Labute approximate surface area is 188 Å². The molecule has 0 bridgehead atoms. The number of ketones is 1. The molecule has 1 heterocycles.